The summed E-state index contributed by atoms with van der Waals surface area (Å²) in [7, 11) is 0. The van der Waals surface area contributed by atoms with E-state index in [-0.39, 0.29) is 54.5 Å². The van der Waals surface area contributed by atoms with Gasteiger partial charge in [0.2, 0.25) is 11.8 Å². The Morgan fingerprint density at radius 1 is 1.08 bits per heavy atom. The van der Waals surface area contributed by atoms with Crippen LogP contribution in [0.3, 0.4) is 0 Å². The van der Waals surface area contributed by atoms with Crippen LogP contribution in [-0.2, 0) is 16.2 Å². The molecule has 0 saturated carbocycles. The number of aromatic nitrogens is 1. The number of pyridine rings is 1. The van der Waals surface area contributed by atoms with E-state index in [4.69, 9.17) is 16.3 Å². The number of hydrogen-bond acceptors (Lipinski definition) is 5. The predicted octanol–water partition coefficient (Wildman–Crippen LogP) is 3.70. The minimum atomic E-state index is -0.783. The van der Waals surface area contributed by atoms with Gasteiger partial charge in [-0.2, -0.15) is 0 Å². The number of nitrogens with zero attached hydrogens (tertiary/aromatic N) is 3. The van der Waals surface area contributed by atoms with Gasteiger partial charge in [-0.05, 0) is 37.3 Å². The molecule has 0 radical (unpaired) electrons. The van der Waals surface area contributed by atoms with Crippen LogP contribution >= 0.6 is 11.6 Å². The van der Waals surface area contributed by atoms with Crippen LogP contribution in [0, 0.1) is 18.6 Å². The molecule has 0 bridgehead atoms. The maximum atomic E-state index is 13.9. The fourth-order valence-corrected chi connectivity index (χ4v) is 4.20. The third-order valence-corrected chi connectivity index (χ3v) is 6.13. The van der Waals surface area contributed by atoms with Crippen LogP contribution in [0.1, 0.15) is 24.6 Å². The van der Waals surface area contributed by atoms with E-state index in [9.17, 15) is 28.3 Å². The molecule has 1 aromatic heterocycles. The van der Waals surface area contributed by atoms with Gasteiger partial charge in [0.25, 0.3) is 5.56 Å². The summed E-state index contributed by atoms with van der Waals surface area (Å²) < 4.78 is 34.0. The second-order valence-electron chi connectivity index (χ2n) is 8.19. The molecule has 11 heteroatoms. The summed E-state index contributed by atoms with van der Waals surface area (Å²) in [4.78, 5) is 40.6. The molecule has 8 nitrogen and oxygen atoms in total. The van der Waals surface area contributed by atoms with E-state index >= 15 is 0 Å². The molecule has 2 aromatic carbocycles. The fourth-order valence-electron chi connectivity index (χ4n) is 4.00. The lowest BCUT2D eigenvalue weighted by Crippen LogP contribution is -2.37. The van der Waals surface area contributed by atoms with Gasteiger partial charge in [0.1, 0.15) is 35.7 Å². The van der Waals surface area contributed by atoms with Gasteiger partial charge in [0.05, 0.1) is 30.1 Å². The number of aliphatic hydroxyl groups is 1. The maximum Gasteiger partial charge on any atom is 0.277 e. The highest BCUT2D eigenvalue weighted by molar-refractivity contribution is 6.31. The Labute approximate surface area is 209 Å². The molecule has 0 spiro atoms. The number of fused-ring (bicyclic) bond motifs is 1. The Morgan fingerprint density at radius 3 is 2.50 bits per heavy atom. The average Bonchev–Trinajstić information content (AvgIpc) is 3.21. The van der Waals surface area contributed by atoms with Gasteiger partial charge in [-0.1, -0.05) is 11.6 Å². The summed E-state index contributed by atoms with van der Waals surface area (Å²) in [5.74, 6) is -2.11. The van der Waals surface area contributed by atoms with E-state index in [1.807, 2.05) is 0 Å². The molecule has 3 aromatic rings. The molecule has 0 unspecified atom stereocenters. The molecule has 2 amide bonds. The Kier molecular flexibility index (Phi) is 7.09. The minimum absolute atomic E-state index is 0.00564. The number of amides is 2. The lowest BCUT2D eigenvalue weighted by molar-refractivity contribution is -0.119. The van der Waals surface area contributed by atoms with Gasteiger partial charge in [0.15, 0.2) is 0 Å². The zero-order chi connectivity index (χ0) is 26.1. The third-order valence-electron chi connectivity index (χ3n) is 5.79. The number of carbonyl (C=O) groups is 2. The topological polar surface area (TPSA) is 92.1 Å². The number of hydrogen-bond donors (Lipinski definition) is 1. The summed E-state index contributed by atoms with van der Waals surface area (Å²) >= 11 is 6.30. The molecular weight excluding hydrogens is 496 g/mol. The van der Waals surface area contributed by atoms with Crippen LogP contribution in [0.4, 0.5) is 20.2 Å². The molecule has 2 heterocycles. The van der Waals surface area contributed by atoms with Crippen LogP contribution in [0.5, 0.6) is 5.75 Å². The largest absolute Gasteiger partial charge is 0.487 e. The van der Waals surface area contributed by atoms with Crippen molar-refractivity contribution in [3.8, 4) is 11.4 Å². The monoisotopic (exact) mass is 517 g/mol. The number of carbonyl (C=O) groups excluding carboxylic acids is 2. The molecule has 0 aliphatic carbocycles. The van der Waals surface area contributed by atoms with Crippen molar-refractivity contribution in [2.75, 3.05) is 23.1 Å². The van der Waals surface area contributed by atoms with Crippen molar-refractivity contribution in [2.45, 2.75) is 26.9 Å². The van der Waals surface area contributed by atoms with Gasteiger partial charge < -0.3 is 9.84 Å². The second kappa shape index (κ2) is 10.1. The third kappa shape index (κ3) is 4.69. The van der Waals surface area contributed by atoms with Crippen molar-refractivity contribution in [2.24, 2.45) is 0 Å². The molecule has 1 aliphatic heterocycles. The molecule has 36 heavy (non-hydrogen) atoms. The SMILES string of the molecule is CC(=O)N1CN(C(=O)CCO)c2cc(-n3c(C)cc(OCc4ccc(F)cc4F)c(Cl)c3=O)ccc21. The van der Waals surface area contributed by atoms with Crippen molar-refractivity contribution in [1.82, 2.24) is 4.57 Å². The van der Waals surface area contributed by atoms with Crippen LogP contribution in [-0.4, -0.2) is 34.8 Å². The van der Waals surface area contributed by atoms with E-state index in [0.29, 0.717) is 22.8 Å². The Balaban J connectivity index is 1.70. The average molecular weight is 518 g/mol. The molecular formula is C25H22ClF2N3O5. The van der Waals surface area contributed by atoms with Crippen molar-refractivity contribution < 1.29 is 28.2 Å². The Bertz CT molecular complexity index is 1430. The lowest BCUT2D eigenvalue weighted by atomic mass is 10.2. The van der Waals surface area contributed by atoms with E-state index in [0.717, 1.165) is 12.1 Å². The minimum Gasteiger partial charge on any atom is -0.487 e. The highest BCUT2D eigenvalue weighted by Gasteiger charge is 2.32. The summed E-state index contributed by atoms with van der Waals surface area (Å²) in [6, 6.07) is 9.42. The van der Waals surface area contributed by atoms with E-state index in [1.165, 1.54) is 33.4 Å². The number of anilines is 2. The zero-order valence-electron chi connectivity index (χ0n) is 19.4. The standard InChI is InChI=1S/C25H22ClF2N3O5/c1-14-9-22(36-12-16-3-4-17(27)10-19(16)28)24(26)25(35)31(14)18-5-6-20-21(11-18)30(23(34)7-8-32)13-29(20)15(2)33/h3-6,9-11,32H,7-8,12-13H2,1-2H3. The van der Waals surface area contributed by atoms with Crippen LogP contribution < -0.4 is 20.1 Å². The van der Waals surface area contributed by atoms with E-state index in [2.05, 4.69) is 0 Å². The first-order chi connectivity index (χ1) is 17.1. The van der Waals surface area contributed by atoms with Gasteiger partial charge in [-0.25, -0.2) is 8.78 Å². The normalized spacial score (nSPS) is 12.6. The van der Waals surface area contributed by atoms with Crippen LogP contribution in [0.25, 0.3) is 5.69 Å². The molecule has 0 saturated heterocycles. The molecule has 188 valence electrons. The number of ether oxygens (including phenoxy) is 1. The van der Waals surface area contributed by atoms with Gasteiger partial charge in [-0.3, -0.25) is 28.8 Å². The van der Waals surface area contributed by atoms with Gasteiger partial charge >= 0.3 is 0 Å². The number of halogens is 3. The van der Waals surface area contributed by atoms with E-state index < -0.39 is 17.2 Å². The summed E-state index contributed by atoms with van der Waals surface area (Å²) in [6.45, 7) is 2.40. The summed E-state index contributed by atoms with van der Waals surface area (Å²) in [5.41, 5.74) is 1.22. The summed E-state index contributed by atoms with van der Waals surface area (Å²) in [6.07, 6.45) is -0.124. The van der Waals surface area contributed by atoms with Gasteiger partial charge in [-0.15, -0.1) is 0 Å². The first-order valence-corrected chi connectivity index (χ1v) is 11.3. The molecule has 0 atom stereocenters. The van der Waals surface area contributed by atoms with Crippen molar-refractivity contribution in [3.63, 3.8) is 0 Å². The highest BCUT2D eigenvalue weighted by Crippen LogP contribution is 2.38. The van der Waals surface area contributed by atoms with Crippen molar-refractivity contribution >= 4 is 34.8 Å². The number of aliphatic hydroxyl groups excluding tert-OH is 1. The van der Waals surface area contributed by atoms with Crippen molar-refractivity contribution in [1.29, 1.82) is 0 Å². The van der Waals surface area contributed by atoms with Crippen molar-refractivity contribution in [3.05, 3.63) is 80.7 Å². The number of rotatable bonds is 6. The first kappa shape index (κ1) is 25.3. The molecule has 0 fully saturated rings. The second-order valence-corrected chi connectivity index (χ2v) is 8.56. The molecule has 4 rings (SSSR count). The first-order valence-electron chi connectivity index (χ1n) is 10.9. The predicted molar refractivity (Wildman–Crippen MR) is 130 cm³/mol. The maximum absolute atomic E-state index is 13.9. The number of benzene rings is 2. The number of aryl methyl sites for hydroxylation is 1. The Morgan fingerprint density at radius 2 is 1.83 bits per heavy atom. The quantitative estimate of drug-likeness (QED) is 0.538. The van der Waals surface area contributed by atoms with Gasteiger partial charge in [0, 0.05) is 30.3 Å². The lowest BCUT2D eigenvalue weighted by Gasteiger charge is -2.18. The smallest absolute Gasteiger partial charge is 0.277 e. The molecule has 1 aliphatic rings. The highest BCUT2D eigenvalue weighted by atomic mass is 35.5. The van der Waals surface area contributed by atoms with Crippen LogP contribution in [0.2, 0.25) is 5.02 Å². The zero-order valence-corrected chi connectivity index (χ0v) is 20.2. The van der Waals surface area contributed by atoms with Crippen LogP contribution in [0.15, 0.2) is 47.3 Å². The Hall–Kier alpha value is -3.76. The van der Waals surface area contributed by atoms with E-state index in [1.54, 1.807) is 25.1 Å². The molecule has 1 N–H and O–H groups in total. The fraction of sp³-hybridized carbons (Fsp3) is 0.240. The summed E-state index contributed by atoms with van der Waals surface area (Å²) in [5, 5.41) is 8.94.